The predicted octanol–water partition coefficient (Wildman–Crippen LogP) is 1.82. The first kappa shape index (κ1) is 19.5. The van der Waals surface area contributed by atoms with Crippen LogP contribution >= 0.6 is 11.3 Å². The molecular formula is C20H26N2O5S. The fraction of sp³-hybridized carbons (Fsp3) is 0.650. The number of rotatable bonds is 4. The molecule has 7 nitrogen and oxygen atoms in total. The first-order valence-corrected chi connectivity index (χ1v) is 10.7. The molecule has 3 saturated heterocycles. The van der Waals surface area contributed by atoms with Crippen LogP contribution in [-0.2, 0) is 14.3 Å². The number of hydrogen-bond donors (Lipinski definition) is 0. The normalized spacial score (nSPS) is 25.1. The van der Waals surface area contributed by atoms with Gasteiger partial charge in [-0.25, -0.2) is 0 Å². The highest BCUT2D eigenvalue weighted by atomic mass is 32.1. The first-order valence-electron chi connectivity index (χ1n) is 9.87. The standard InChI is InChI=1S/C20H26N2O5S/c1-14(23)17-10-15(13-28-17)18(24)22-4-2-20(3-5-22)11-16(27-19(20)25)12-21-6-8-26-9-7-21/h10,13,16H,2-9,11-12H2,1H3. The van der Waals surface area contributed by atoms with Crippen molar-refractivity contribution in [3.63, 3.8) is 0 Å². The van der Waals surface area contributed by atoms with Crippen LogP contribution in [0.1, 0.15) is 46.2 Å². The fourth-order valence-electron chi connectivity index (χ4n) is 4.37. The van der Waals surface area contributed by atoms with E-state index < -0.39 is 5.41 Å². The molecule has 1 aromatic heterocycles. The minimum Gasteiger partial charge on any atom is -0.461 e. The van der Waals surface area contributed by atoms with E-state index in [2.05, 4.69) is 4.90 Å². The van der Waals surface area contributed by atoms with Crippen molar-refractivity contribution < 1.29 is 23.9 Å². The zero-order chi connectivity index (χ0) is 19.7. The number of cyclic esters (lactones) is 1. The van der Waals surface area contributed by atoms with Crippen LogP contribution in [0.3, 0.4) is 0 Å². The second kappa shape index (κ2) is 7.93. The van der Waals surface area contributed by atoms with Crippen molar-refractivity contribution >= 4 is 29.0 Å². The number of amides is 1. The zero-order valence-electron chi connectivity index (χ0n) is 16.1. The van der Waals surface area contributed by atoms with Gasteiger partial charge in [-0.05, 0) is 25.8 Å². The van der Waals surface area contributed by atoms with E-state index in [0.29, 0.717) is 36.4 Å². The third kappa shape index (κ3) is 3.86. The van der Waals surface area contributed by atoms with E-state index in [9.17, 15) is 14.4 Å². The molecule has 0 aliphatic carbocycles. The van der Waals surface area contributed by atoms with Crippen molar-refractivity contribution in [1.29, 1.82) is 0 Å². The monoisotopic (exact) mass is 406 g/mol. The van der Waals surface area contributed by atoms with E-state index in [1.54, 1.807) is 16.3 Å². The lowest BCUT2D eigenvalue weighted by molar-refractivity contribution is -0.151. The van der Waals surface area contributed by atoms with E-state index in [-0.39, 0.29) is 23.8 Å². The van der Waals surface area contributed by atoms with Crippen LogP contribution in [-0.4, -0.2) is 79.5 Å². The lowest BCUT2D eigenvalue weighted by Crippen LogP contribution is -2.45. The number of Topliss-reactive ketones (excluding diaryl/α,β-unsaturated/α-hetero) is 1. The van der Waals surface area contributed by atoms with Crippen LogP contribution in [0.4, 0.5) is 0 Å². The molecular weight excluding hydrogens is 380 g/mol. The maximum Gasteiger partial charge on any atom is 0.312 e. The van der Waals surface area contributed by atoms with Gasteiger partial charge in [0.25, 0.3) is 5.91 Å². The lowest BCUT2D eigenvalue weighted by atomic mass is 9.76. The zero-order valence-corrected chi connectivity index (χ0v) is 17.0. The van der Waals surface area contributed by atoms with E-state index in [4.69, 9.17) is 9.47 Å². The Kier molecular flexibility index (Phi) is 5.53. The van der Waals surface area contributed by atoms with Crippen LogP contribution in [0.2, 0.25) is 0 Å². The summed E-state index contributed by atoms with van der Waals surface area (Å²) >= 11 is 1.30. The summed E-state index contributed by atoms with van der Waals surface area (Å²) in [5.74, 6) is -0.191. The van der Waals surface area contributed by atoms with Crippen molar-refractivity contribution in [2.24, 2.45) is 5.41 Å². The Morgan fingerprint density at radius 3 is 2.57 bits per heavy atom. The number of likely N-dealkylation sites (tertiary alicyclic amines) is 1. The molecule has 1 aromatic rings. The second-order valence-electron chi connectivity index (χ2n) is 7.97. The van der Waals surface area contributed by atoms with Gasteiger partial charge >= 0.3 is 5.97 Å². The Bertz CT molecular complexity index is 762. The number of ether oxygens (including phenoxy) is 2. The summed E-state index contributed by atoms with van der Waals surface area (Å²) in [7, 11) is 0. The number of carbonyl (C=O) groups excluding carboxylic acids is 3. The number of morpholine rings is 1. The van der Waals surface area contributed by atoms with E-state index in [0.717, 1.165) is 39.3 Å². The molecule has 3 fully saturated rings. The lowest BCUT2D eigenvalue weighted by Gasteiger charge is -2.36. The molecule has 0 saturated carbocycles. The molecule has 4 rings (SSSR count). The molecule has 0 bridgehead atoms. The van der Waals surface area contributed by atoms with Crippen molar-refractivity contribution in [3.05, 3.63) is 21.9 Å². The summed E-state index contributed by atoms with van der Waals surface area (Å²) in [6.45, 7) is 6.59. The summed E-state index contributed by atoms with van der Waals surface area (Å²) in [6.07, 6.45) is 1.95. The van der Waals surface area contributed by atoms with Crippen molar-refractivity contribution in [1.82, 2.24) is 9.80 Å². The van der Waals surface area contributed by atoms with Gasteiger partial charge in [0.1, 0.15) is 6.10 Å². The quantitative estimate of drug-likeness (QED) is 0.561. The van der Waals surface area contributed by atoms with Crippen LogP contribution in [0, 0.1) is 5.41 Å². The average molecular weight is 407 g/mol. The third-order valence-corrected chi connectivity index (χ3v) is 7.12. The molecule has 3 aliphatic heterocycles. The van der Waals surface area contributed by atoms with Gasteiger partial charge in [0.15, 0.2) is 5.78 Å². The Balaban J connectivity index is 1.34. The van der Waals surface area contributed by atoms with Gasteiger partial charge in [0, 0.05) is 44.5 Å². The predicted molar refractivity (Wildman–Crippen MR) is 104 cm³/mol. The van der Waals surface area contributed by atoms with E-state index in [1.807, 2.05) is 0 Å². The SMILES string of the molecule is CC(=O)c1cc(C(=O)N2CCC3(CC2)CC(CN2CCOCC2)OC3=O)cs1. The number of ketones is 1. The van der Waals surface area contributed by atoms with Gasteiger partial charge in [0.05, 0.1) is 29.1 Å². The maximum absolute atomic E-state index is 12.7. The van der Waals surface area contributed by atoms with Gasteiger partial charge in [0.2, 0.25) is 0 Å². The molecule has 1 unspecified atom stereocenters. The van der Waals surface area contributed by atoms with Gasteiger partial charge in [-0.1, -0.05) is 0 Å². The smallest absolute Gasteiger partial charge is 0.312 e. The number of esters is 1. The Labute approximate surface area is 168 Å². The molecule has 1 spiro atoms. The molecule has 152 valence electrons. The summed E-state index contributed by atoms with van der Waals surface area (Å²) in [6, 6.07) is 1.67. The highest BCUT2D eigenvalue weighted by Gasteiger charge is 2.51. The summed E-state index contributed by atoms with van der Waals surface area (Å²) in [5, 5.41) is 1.74. The average Bonchev–Trinajstić information content (AvgIpc) is 3.29. The maximum atomic E-state index is 12.7. The summed E-state index contributed by atoms with van der Waals surface area (Å²) in [5.41, 5.74) is 0.109. The Morgan fingerprint density at radius 1 is 1.21 bits per heavy atom. The molecule has 0 radical (unpaired) electrons. The number of thiophene rings is 1. The van der Waals surface area contributed by atoms with Gasteiger partial charge in [-0.15, -0.1) is 11.3 Å². The molecule has 4 heterocycles. The third-order valence-electron chi connectivity index (χ3n) is 6.09. The largest absolute Gasteiger partial charge is 0.461 e. The summed E-state index contributed by atoms with van der Waals surface area (Å²) < 4.78 is 11.1. The van der Waals surface area contributed by atoms with Crippen molar-refractivity contribution in [3.8, 4) is 0 Å². The molecule has 28 heavy (non-hydrogen) atoms. The van der Waals surface area contributed by atoms with Crippen molar-refractivity contribution in [2.45, 2.75) is 32.3 Å². The Hall–Kier alpha value is -1.77. The number of carbonyl (C=O) groups is 3. The van der Waals surface area contributed by atoms with Gasteiger partial charge in [-0.3, -0.25) is 19.3 Å². The molecule has 1 atom stereocenters. The van der Waals surface area contributed by atoms with Gasteiger partial charge < -0.3 is 14.4 Å². The van der Waals surface area contributed by atoms with Crippen LogP contribution in [0.15, 0.2) is 11.4 Å². The highest BCUT2D eigenvalue weighted by molar-refractivity contribution is 7.12. The highest BCUT2D eigenvalue weighted by Crippen LogP contribution is 2.43. The Morgan fingerprint density at radius 2 is 1.93 bits per heavy atom. The second-order valence-corrected chi connectivity index (χ2v) is 8.88. The minimum absolute atomic E-state index is 0.0262. The summed E-state index contributed by atoms with van der Waals surface area (Å²) in [4.78, 5) is 41.5. The molecule has 1 amide bonds. The first-order chi connectivity index (χ1) is 13.5. The van der Waals surface area contributed by atoms with Gasteiger partial charge in [-0.2, -0.15) is 0 Å². The molecule has 0 aromatic carbocycles. The van der Waals surface area contributed by atoms with E-state index in [1.165, 1.54) is 18.3 Å². The van der Waals surface area contributed by atoms with Crippen molar-refractivity contribution in [2.75, 3.05) is 45.9 Å². The molecule has 0 N–H and O–H groups in total. The van der Waals surface area contributed by atoms with Crippen LogP contribution in [0.25, 0.3) is 0 Å². The minimum atomic E-state index is -0.451. The number of nitrogens with zero attached hydrogens (tertiary/aromatic N) is 2. The van der Waals surface area contributed by atoms with Crippen LogP contribution < -0.4 is 0 Å². The molecule has 8 heteroatoms. The topological polar surface area (TPSA) is 76.2 Å². The number of hydrogen-bond acceptors (Lipinski definition) is 7. The van der Waals surface area contributed by atoms with Crippen LogP contribution in [0.5, 0.6) is 0 Å². The van der Waals surface area contributed by atoms with E-state index >= 15 is 0 Å². The number of piperidine rings is 1. The molecule has 3 aliphatic rings. The fourth-order valence-corrected chi connectivity index (χ4v) is 5.16.